The number of amides is 1. The highest BCUT2D eigenvalue weighted by molar-refractivity contribution is 7.89. The summed E-state index contributed by atoms with van der Waals surface area (Å²) < 4.78 is 36.1. The molecule has 1 heterocycles. The summed E-state index contributed by atoms with van der Waals surface area (Å²) >= 11 is 0. The van der Waals surface area contributed by atoms with E-state index in [1.807, 2.05) is 0 Å². The zero-order chi connectivity index (χ0) is 18.6. The third-order valence-corrected chi connectivity index (χ3v) is 5.18. The molecule has 2 aromatic rings. The molecule has 0 unspecified atom stereocenters. The van der Waals surface area contributed by atoms with Crippen molar-refractivity contribution in [1.82, 2.24) is 4.31 Å². The highest BCUT2D eigenvalue weighted by Crippen LogP contribution is 2.28. The molecule has 0 aliphatic heterocycles. The molecule has 134 valence electrons. The number of sulfonamides is 1. The molecule has 0 radical (unpaired) electrons. The number of hydrogen-bond donors (Lipinski definition) is 1. The van der Waals surface area contributed by atoms with Gasteiger partial charge in [0.25, 0.3) is 0 Å². The van der Waals surface area contributed by atoms with Gasteiger partial charge in [0.05, 0.1) is 17.7 Å². The first kappa shape index (κ1) is 18.8. The van der Waals surface area contributed by atoms with Gasteiger partial charge >= 0.3 is 0 Å². The van der Waals surface area contributed by atoms with Gasteiger partial charge in [0.2, 0.25) is 15.9 Å². The van der Waals surface area contributed by atoms with Crippen LogP contribution in [0.4, 0.5) is 5.69 Å². The molecule has 8 heteroatoms. The predicted molar refractivity (Wildman–Crippen MR) is 95.0 cm³/mol. The largest absolute Gasteiger partial charge is 0.495 e. The summed E-state index contributed by atoms with van der Waals surface area (Å²) in [5, 5.41) is 2.61. The van der Waals surface area contributed by atoms with E-state index < -0.39 is 15.9 Å². The number of anilines is 1. The summed E-state index contributed by atoms with van der Waals surface area (Å²) in [6.07, 6.45) is 2.82. The summed E-state index contributed by atoms with van der Waals surface area (Å²) in [4.78, 5) is 12.2. The van der Waals surface area contributed by atoms with Crippen LogP contribution in [-0.2, 0) is 14.8 Å². The van der Waals surface area contributed by atoms with Crippen molar-refractivity contribution >= 4 is 27.7 Å². The Labute approximate surface area is 146 Å². The lowest BCUT2D eigenvalue weighted by Crippen LogP contribution is -2.22. The lowest BCUT2D eigenvalue weighted by Gasteiger charge is -2.14. The summed E-state index contributed by atoms with van der Waals surface area (Å²) in [5.74, 6) is 1.20. The minimum Gasteiger partial charge on any atom is -0.495 e. The molecule has 25 heavy (non-hydrogen) atoms. The number of rotatable bonds is 6. The molecule has 0 spiro atoms. The fourth-order valence-electron chi connectivity index (χ4n) is 2.03. The molecule has 0 bridgehead atoms. The van der Waals surface area contributed by atoms with Crippen LogP contribution in [0.5, 0.6) is 5.75 Å². The SMILES string of the molecule is COc1ccc(S(=O)(=O)N(C)C)cc1NC(=O)C=Cc1ccc(C)o1. The molecule has 0 aliphatic carbocycles. The zero-order valence-electron chi connectivity index (χ0n) is 14.4. The van der Waals surface area contributed by atoms with Crippen molar-refractivity contribution in [3.8, 4) is 5.75 Å². The molecule has 0 atom stereocenters. The van der Waals surface area contributed by atoms with Crippen LogP contribution in [0, 0.1) is 6.92 Å². The number of ether oxygens (including phenoxy) is 1. The van der Waals surface area contributed by atoms with Crippen LogP contribution >= 0.6 is 0 Å². The second-order valence-electron chi connectivity index (χ2n) is 5.42. The Morgan fingerprint density at radius 1 is 1.24 bits per heavy atom. The highest BCUT2D eigenvalue weighted by atomic mass is 32.2. The number of hydrogen-bond acceptors (Lipinski definition) is 5. The summed E-state index contributed by atoms with van der Waals surface area (Å²) in [5.41, 5.74) is 0.260. The molecule has 1 aromatic carbocycles. The van der Waals surface area contributed by atoms with Crippen molar-refractivity contribution in [2.45, 2.75) is 11.8 Å². The average Bonchev–Trinajstić information content (AvgIpc) is 2.98. The number of carbonyl (C=O) groups excluding carboxylic acids is 1. The van der Waals surface area contributed by atoms with E-state index in [1.54, 1.807) is 19.1 Å². The van der Waals surface area contributed by atoms with Gasteiger partial charge in [-0.25, -0.2) is 12.7 Å². The fourth-order valence-corrected chi connectivity index (χ4v) is 2.96. The number of aryl methyl sites for hydroxylation is 1. The Kier molecular flexibility index (Phi) is 5.66. The molecule has 2 rings (SSSR count). The smallest absolute Gasteiger partial charge is 0.248 e. The Morgan fingerprint density at radius 3 is 2.52 bits per heavy atom. The predicted octanol–water partition coefficient (Wildman–Crippen LogP) is 2.50. The van der Waals surface area contributed by atoms with Crippen LogP contribution in [0.2, 0.25) is 0 Å². The molecule has 0 saturated heterocycles. The van der Waals surface area contributed by atoms with Crippen molar-refractivity contribution in [3.63, 3.8) is 0 Å². The third kappa shape index (κ3) is 4.49. The van der Waals surface area contributed by atoms with Crippen LogP contribution in [-0.4, -0.2) is 39.8 Å². The zero-order valence-corrected chi connectivity index (χ0v) is 15.3. The lowest BCUT2D eigenvalue weighted by molar-refractivity contribution is -0.111. The molecule has 0 saturated carbocycles. The monoisotopic (exact) mass is 364 g/mol. The first-order chi connectivity index (χ1) is 11.7. The summed E-state index contributed by atoms with van der Waals surface area (Å²) in [6, 6.07) is 7.80. The maximum absolute atomic E-state index is 12.2. The van der Waals surface area contributed by atoms with Gasteiger partial charge in [0.1, 0.15) is 17.3 Å². The molecular formula is C17H20N2O5S. The first-order valence-electron chi connectivity index (χ1n) is 7.40. The highest BCUT2D eigenvalue weighted by Gasteiger charge is 2.19. The molecule has 1 amide bonds. The maximum atomic E-state index is 12.2. The molecule has 1 N–H and O–H groups in total. The normalized spacial score (nSPS) is 11.9. The van der Waals surface area contributed by atoms with E-state index in [1.165, 1.54) is 51.6 Å². The first-order valence-corrected chi connectivity index (χ1v) is 8.84. The minimum absolute atomic E-state index is 0.0549. The van der Waals surface area contributed by atoms with Gasteiger partial charge in [0, 0.05) is 20.2 Å². The molecule has 7 nitrogen and oxygen atoms in total. The van der Waals surface area contributed by atoms with Crippen molar-refractivity contribution in [2.24, 2.45) is 0 Å². The standard InChI is InChI=1S/C17H20N2O5S/c1-12-5-6-13(24-12)7-10-17(20)18-15-11-14(8-9-16(15)23-4)25(21,22)19(2)3/h5-11H,1-4H3,(H,18,20). The second-order valence-corrected chi connectivity index (χ2v) is 7.57. The number of furan rings is 1. The van der Waals surface area contributed by atoms with Crippen molar-refractivity contribution in [1.29, 1.82) is 0 Å². The fraction of sp³-hybridized carbons (Fsp3) is 0.235. The number of carbonyl (C=O) groups is 1. The van der Waals surface area contributed by atoms with Crippen LogP contribution in [0.15, 0.2) is 45.7 Å². The molecular weight excluding hydrogens is 344 g/mol. The summed E-state index contributed by atoms with van der Waals surface area (Å²) in [6.45, 7) is 1.80. The topological polar surface area (TPSA) is 88.9 Å². The Hall–Kier alpha value is -2.58. The van der Waals surface area contributed by atoms with Crippen molar-refractivity contribution in [3.05, 3.63) is 47.9 Å². The van der Waals surface area contributed by atoms with E-state index in [0.717, 1.165) is 10.1 Å². The van der Waals surface area contributed by atoms with Crippen LogP contribution in [0.1, 0.15) is 11.5 Å². The van der Waals surface area contributed by atoms with Crippen LogP contribution in [0.25, 0.3) is 6.08 Å². The van der Waals surface area contributed by atoms with Gasteiger partial charge in [-0.3, -0.25) is 4.79 Å². The van der Waals surface area contributed by atoms with Gasteiger partial charge in [-0.2, -0.15) is 0 Å². The van der Waals surface area contributed by atoms with E-state index in [-0.39, 0.29) is 10.6 Å². The van der Waals surface area contributed by atoms with Gasteiger partial charge < -0.3 is 14.5 Å². The van der Waals surface area contributed by atoms with E-state index >= 15 is 0 Å². The molecule has 1 aromatic heterocycles. The molecule has 0 aliphatic rings. The minimum atomic E-state index is -3.62. The summed E-state index contributed by atoms with van der Waals surface area (Å²) in [7, 11) is 0.691. The van der Waals surface area contributed by atoms with Crippen molar-refractivity contribution in [2.75, 3.05) is 26.5 Å². The quantitative estimate of drug-likeness (QED) is 0.796. The van der Waals surface area contributed by atoms with Crippen LogP contribution in [0.3, 0.4) is 0 Å². The van der Waals surface area contributed by atoms with E-state index in [4.69, 9.17) is 9.15 Å². The maximum Gasteiger partial charge on any atom is 0.248 e. The van der Waals surface area contributed by atoms with Gasteiger partial charge in [-0.15, -0.1) is 0 Å². The third-order valence-electron chi connectivity index (χ3n) is 3.37. The van der Waals surface area contributed by atoms with Crippen LogP contribution < -0.4 is 10.1 Å². The average molecular weight is 364 g/mol. The second kappa shape index (κ2) is 7.54. The van der Waals surface area contributed by atoms with Gasteiger partial charge in [-0.05, 0) is 43.3 Å². The molecule has 0 fully saturated rings. The number of nitrogens with one attached hydrogen (secondary N) is 1. The van der Waals surface area contributed by atoms with Gasteiger partial charge in [0.15, 0.2) is 0 Å². The lowest BCUT2D eigenvalue weighted by atomic mass is 10.3. The van der Waals surface area contributed by atoms with E-state index in [2.05, 4.69) is 5.32 Å². The Balaban J connectivity index is 2.25. The Morgan fingerprint density at radius 2 is 1.96 bits per heavy atom. The Bertz CT molecular complexity index is 898. The van der Waals surface area contributed by atoms with Gasteiger partial charge in [-0.1, -0.05) is 0 Å². The number of nitrogens with zero attached hydrogens (tertiary/aromatic N) is 1. The number of benzene rings is 1. The van der Waals surface area contributed by atoms with E-state index in [9.17, 15) is 13.2 Å². The van der Waals surface area contributed by atoms with E-state index in [0.29, 0.717) is 11.5 Å². The number of methoxy groups -OCH3 is 1. The van der Waals surface area contributed by atoms with Crippen molar-refractivity contribution < 1.29 is 22.4 Å².